The Kier molecular flexibility index (Phi) is 5.49. The highest BCUT2D eigenvalue weighted by molar-refractivity contribution is 5.94. The van der Waals surface area contributed by atoms with Gasteiger partial charge >= 0.3 is 0 Å². The van der Waals surface area contributed by atoms with Crippen molar-refractivity contribution in [2.75, 3.05) is 12.4 Å². The van der Waals surface area contributed by atoms with E-state index in [-0.39, 0.29) is 5.91 Å². The Morgan fingerprint density at radius 2 is 1.81 bits per heavy atom. The first-order valence-corrected chi connectivity index (χ1v) is 8.34. The summed E-state index contributed by atoms with van der Waals surface area (Å²) in [7, 11) is 1.63. The number of rotatable bonds is 6. The number of aryl methyl sites for hydroxylation is 1. The van der Waals surface area contributed by atoms with Crippen molar-refractivity contribution < 1.29 is 9.53 Å². The second-order valence-electron chi connectivity index (χ2n) is 5.92. The molecule has 1 heterocycles. The molecule has 0 unspecified atom stereocenters. The molecule has 0 bridgehead atoms. The van der Waals surface area contributed by atoms with E-state index in [9.17, 15) is 4.79 Å². The highest BCUT2D eigenvalue weighted by Gasteiger charge is 2.08. The minimum Gasteiger partial charge on any atom is -0.497 e. The van der Waals surface area contributed by atoms with Gasteiger partial charge in [-0.15, -0.1) is 0 Å². The fourth-order valence-electron chi connectivity index (χ4n) is 2.56. The highest BCUT2D eigenvalue weighted by Crippen LogP contribution is 2.20. The molecule has 3 aromatic rings. The molecule has 0 radical (unpaired) electrons. The molecule has 132 valence electrons. The number of anilines is 2. The lowest BCUT2D eigenvalue weighted by molar-refractivity contribution is 0.0950. The van der Waals surface area contributed by atoms with Gasteiger partial charge in [-0.05, 0) is 48.4 Å². The zero-order chi connectivity index (χ0) is 18.4. The summed E-state index contributed by atoms with van der Waals surface area (Å²) in [6, 6.07) is 17.3. The van der Waals surface area contributed by atoms with Crippen LogP contribution in [0.3, 0.4) is 0 Å². The SMILES string of the molecule is COc1ccc(Nc2cncc(C(=O)NCc3ccccc3C)c2)cc1. The molecule has 0 saturated heterocycles. The molecule has 0 aliphatic carbocycles. The van der Waals surface area contributed by atoms with Crippen molar-refractivity contribution in [2.24, 2.45) is 0 Å². The largest absolute Gasteiger partial charge is 0.497 e. The van der Waals surface area contributed by atoms with Gasteiger partial charge in [0.1, 0.15) is 5.75 Å². The molecule has 26 heavy (non-hydrogen) atoms. The number of methoxy groups -OCH3 is 1. The molecule has 2 aromatic carbocycles. The van der Waals surface area contributed by atoms with Gasteiger partial charge in [0.25, 0.3) is 5.91 Å². The minimum absolute atomic E-state index is 0.154. The maximum atomic E-state index is 12.4. The summed E-state index contributed by atoms with van der Waals surface area (Å²) in [6.45, 7) is 2.52. The van der Waals surface area contributed by atoms with E-state index in [2.05, 4.69) is 15.6 Å². The Balaban J connectivity index is 1.66. The van der Waals surface area contributed by atoms with E-state index in [4.69, 9.17) is 4.74 Å². The first kappa shape index (κ1) is 17.5. The van der Waals surface area contributed by atoms with Gasteiger partial charge in [-0.1, -0.05) is 24.3 Å². The van der Waals surface area contributed by atoms with Crippen LogP contribution < -0.4 is 15.4 Å². The van der Waals surface area contributed by atoms with Crippen molar-refractivity contribution in [2.45, 2.75) is 13.5 Å². The van der Waals surface area contributed by atoms with Crippen LogP contribution in [0.2, 0.25) is 0 Å². The number of carbonyl (C=O) groups is 1. The molecule has 1 aromatic heterocycles. The predicted octanol–water partition coefficient (Wildman–Crippen LogP) is 4.07. The molecule has 1 amide bonds. The van der Waals surface area contributed by atoms with Crippen LogP contribution in [-0.4, -0.2) is 18.0 Å². The number of nitrogens with zero attached hydrogens (tertiary/aromatic N) is 1. The number of aromatic nitrogens is 1. The Morgan fingerprint density at radius 3 is 2.54 bits per heavy atom. The number of nitrogens with one attached hydrogen (secondary N) is 2. The molecule has 0 saturated carbocycles. The lowest BCUT2D eigenvalue weighted by atomic mass is 10.1. The van der Waals surface area contributed by atoms with Crippen molar-refractivity contribution >= 4 is 17.3 Å². The van der Waals surface area contributed by atoms with Gasteiger partial charge in [-0.25, -0.2) is 0 Å². The van der Waals surface area contributed by atoms with E-state index in [1.807, 2.05) is 55.5 Å². The third-order valence-electron chi connectivity index (χ3n) is 4.08. The molecule has 0 spiro atoms. The highest BCUT2D eigenvalue weighted by atomic mass is 16.5. The maximum absolute atomic E-state index is 12.4. The standard InChI is InChI=1S/C21H21N3O2/c1-15-5-3-4-6-16(15)13-23-21(25)17-11-19(14-22-12-17)24-18-7-9-20(26-2)10-8-18/h3-12,14,24H,13H2,1-2H3,(H,23,25). The fourth-order valence-corrected chi connectivity index (χ4v) is 2.56. The first-order chi connectivity index (χ1) is 12.7. The van der Waals surface area contributed by atoms with Crippen LogP contribution in [-0.2, 0) is 6.54 Å². The van der Waals surface area contributed by atoms with Gasteiger partial charge in [0.2, 0.25) is 0 Å². The summed E-state index contributed by atoms with van der Waals surface area (Å²) in [5.41, 5.74) is 4.41. The van der Waals surface area contributed by atoms with E-state index in [1.54, 1.807) is 25.6 Å². The smallest absolute Gasteiger partial charge is 0.253 e. The van der Waals surface area contributed by atoms with E-state index in [1.165, 1.54) is 0 Å². The zero-order valence-corrected chi connectivity index (χ0v) is 14.8. The molecule has 0 aliphatic rings. The van der Waals surface area contributed by atoms with Crippen molar-refractivity contribution in [3.8, 4) is 5.75 Å². The number of hydrogen-bond donors (Lipinski definition) is 2. The molecular weight excluding hydrogens is 326 g/mol. The lowest BCUT2D eigenvalue weighted by Crippen LogP contribution is -2.23. The zero-order valence-electron chi connectivity index (χ0n) is 14.8. The van der Waals surface area contributed by atoms with Crippen LogP contribution in [0.15, 0.2) is 67.0 Å². The van der Waals surface area contributed by atoms with Gasteiger partial charge in [0.05, 0.1) is 24.6 Å². The Bertz CT molecular complexity index is 892. The van der Waals surface area contributed by atoms with Crippen LogP contribution in [0.1, 0.15) is 21.5 Å². The van der Waals surface area contributed by atoms with Crippen molar-refractivity contribution in [3.63, 3.8) is 0 Å². The summed E-state index contributed by atoms with van der Waals surface area (Å²) >= 11 is 0. The molecule has 5 heteroatoms. The monoisotopic (exact) mass is 347 g/mol. The summed E-state index contributed by atoms with van der Waals surface area (Å²) in [4.78, 5) is 16.6. The van der Waals surface area contributed by atoms with Gasteiger partial charge in [-0.3, -0.25) is 9.78 Å². The van der Waals surface area contributed by atoms with Gasteiger partial charge in [-0.2, -0.15) is 0 Å². The normalized spacial score (nSPS) is 10.2. The topological polar surface area (TPSA) is 63.2 Å². The van der Waals surface area contributed by atoms with E-state index < -0.39 is 0 Å². The third kappa shape index (κ3) is 4.39. The number of carbonyl (C=O) groups excluding carboxylic acids is 1. The molecule has 0 atom stereocenters. The maximum Gasteiger partial charge on any atom is 0.253 e. The minimum atomic E-state index is -0.154. The van der Waals surface area contributed by atoms with Crippen LogP contribution in [0, 0.1) is 6.92 Å². The number of amides is 1. The van der Waals surface area contributed by atoms with E-state index in [0.29, 0.717) is 12.1 Å². The molecular formula is C21H21N3O2. The average Bonchev–Trinajstić information content (AvgIpc) is 2.68. The molecule has 0 aliphatic heterocycles. The van der Waals surface area contributed by atoms with Crippen LogP contribution in [0.25, 0.3) is 0 Å². The number of ether oxygens (including phenoxy) is 1. The second-order valence-corrected chi connectivity index (χ2v) is 5.92. The molecule has 5 nitrogen and oxygen atoms in total. The summed E-state index contributed by atoms with van der Waals surface area (Å²) < 4.78 is 5.15. The Hall–Kier alpha value is -3.34. The Morgan fingerprint density at radius 1 is 1.04 bits per heavy atom. The summed E-state index contributed by atoms with van der Waals surface area (Å²) in [5, 5.41) is 6.17. The van der Waals surface area contributed by atoms with Gasteiger partial charge in [0.15, 0.2) is 0 Å². The first-order valence-electron chi connectivity index (χ1n) is 8.34. The van der Waals surface area contributed by atoms with Crippen molar-refractivity contribution in [1.29, 1.82) is 0 Å². The van der Waals surface area contributed by atoms with Crippen LogP contribution in [0.4, 0.5) is 11.4 Å². The molecule has 2 N–H and O–H groups in total. The predicted molar refractivity (Wildman–Crippen MR) is 103 cm³/mol. The Labute approximate surface area is 153 Å². The third-order valence-corrected chi connectivity index (χ3v) is 4.08. The van der Waals surface area contributed by atoms with Crippen LogP contribution in [0.5, 0.6) is 5.75 Å². The molecule has 0 fully saturated rings. The van der Waals surface area contributed by atoms with Crippen LogP contribution >= 0.6 is 0 Å². The van der Waals surface area contributed by atoms with Crippen molar-refractivity contribution in [3.05, 3.63) is 83.7 Å². The average molecular weight is 347 g/mol. The van der Waals surface area contributed by atoms with Crippen molar-refractivity contribution in [1.82, 2.24) is 10.3 Å². The second kappa shape index (κ2) is 8.16. The number of benzene rings is 2. The molecule has 3 rings (SSSR count). The van der Waals surface area contributed by atoms with E-state index in [0.717, 1.165) is 28.3 Å². The number of pyridine rings is 1. The van der Waals surface area contributed by atoms with Gasteiger partial charge < -0.3 is 15.4 Å². The van der Waals surface area contributed by atoms with E-state index >= 15 is 0 Å². The summed E-state index contributed by atoms with van der Waals surface area (Å²) in [5.74, 6) is 0.636. The lowest BCUT2D eigenvalue weighted by Gasteiger charge is -2.10. The number of hydrogen-bond acceptors (Lipinski definition) is 4. The summed E-state index contributed by atoms with van der Waals surface area (Å²) in [6.07, 6.45) is 3.24. The quantitative estimate of drug-likeness (QED) is 0.705. The fraction of sp³-hybridized carbons (Fsp3) is 0.143. The van der Waals surface area contributed by atoms with Gasteiger partial charge in [0, 0.05) is 18.4 Å².